The lowest BCUT2D eigenvalue weighted by atomic mass is 10.2. The third-order valence-electron chi connectivity index (χ3n) is 3.26. The van der Waals surface area contributed by atoms with Crippen LogP contribution in [-0.4, -0.2) is 31.0 Å². The molecule has 0 aromatic heterocycles. The van der Waals surface area contributed by atoms with Crippen molar-refractivity contribution in [1.82, 2.24) is 4.67 Å². The van der Waals surface area contributed by atoms with Crippen LogP contribution in [0, 0.1) is 0 Å². The number of ether oxygens (including phenoxy) is 1. The minimum Gasteiger partial charge on any atom is -0.496 e. The summed E-state index contributed by atoms with van der Waals surface area (Å²) >= 11 is 0. The van der Waals surface area contributed by atoms with Gasteiger partial charge in [-0.1, -0.05) is 12.1 Å². The summed E-state index contributed by atoms with van der Waals surface area (Å²) in [6.07, 6.45) is 2.59. The molecule has 2 saturated heterocycles. The Morgan fingerprint density at radius 2 is 2.31 bits per heavy atom. The van der Waals surface area contributed by atoms with Gasteiger partial charge in [-0.15, -0.1) is 0 Å². The maximum atomic E-state index is 5.96. The van der Waals surface area contributed by atoms with Crippen molar-refractivity contribution in [3.63, 3.8) is 0 Å². The highest BCUT2D eigenvalue weighted by Crippen LogP contribution is 2.52. The lowest BCUT2D eigenvalue weighted by molar-refractivity contribution is 0.342. The summed E-state index contributed by atoms with van der Waals surface area (Å²) in [5, 5.41) is 1.23. The van der Waals surface area contributed by atoms with Crippen LogP contribution in [0.1, 0.15) is 12.8 Å². The minimum atomic E-state index is -0.599. The van der Waals surface area contributed by atoms with Crippen LogP contribution in [0.5, 0.6) is 5.75 Å². The van der Waals surface area contributed by atoms with Gasteiger partial charge in [0.05, 0.1) is 19.0 Å². The van der Waals surface area contributed by atoms with E-state index in [4.69, 9.17) is 9.26 Å². The van der Waals surface area contributed by atoms with E-state index in [9.17, 15) is 0 Å². The summed E-state index contributed by atoms with van der Waals surface area (Å²) in [5.74, 6) is 0.959. The molecule has 0 bridgehead atoms. The fourth-order valence-corrected chi connectivity index (χ4v) is 4.70. The summed E-state index contributed by atoms with van der Waals surface area (Å²) in [4.78, 5) is 0. The first-order valence-electron chi connectivity index (χ1n) is 5.73. The zero-order valence-corrected chi connectivity index (χ0v) is 10.3. The number of para-hydroxylation sites is 1. The fraction of sp³-hybridized carbons (Fsp3) is 0.500. The highest BCUT2D eigenvalue weighted by atomic mass is 31.2. The van der Waals surface area contributed by atoms with Crippen LogP contribution in [0.15, 0.2) is 24.3 Å². The van der Waals surface area contributed by atoms with Crippen LogP contribution >= 0.6 is 8.30 Å². The lowest BCUT2D eigenvalue weighted by Crippen LogP contribution is -2.22. The van der Waals surface area contributed by atoms with Crippen LogP contribution in [0.4, 0.5) is 0 Å². The van der Waals surface area contributed by atoms with E-state index >= 15 is 0 Å². The molecule has 0 unspecified atom stereocenters. The van der Waals surface area contributed by atoms with Crippen LogP contribution < -0.4 is 10.0 Å². The average Bonchev–Trinajstić information content (AvgIpc) is 2.91. The molecule has 0 spiro atoms. The van der Waals surface area contributed by atoms with E-state index in [0.717, 1.165) is 12.4 Å². The molecule has 1 aromatic rings. The number of hydrogen-bond acceptors (Lipinski definition) is 3. The van der Waals surface area contributed by atoms with Crippen molar-refractivity contribution in [2.24, 2.45) is 0 Å². The number of hydrogen-bond donors (Lipinski definition) is 0. The molecule has 2 atom stereocenters. The van der Waals surface area contributed by atoms with Crippen molar-refractivity contribution in [3.05, 3.63) is 24.3 Å². The largest absolute Gasteiger partial charge is 0.496 e. The first-order chi connectivity index (χ1) is 7.90. The molecular weight excluding hydrogens is 221 g/mol. The highest BCUT2D eigenvalue weighted by Gasteiger charge is 2.40. The molecule has 4 heteroatoms. The van der Waals surface area contributed by atoms with Gasteiger partial charge in [0.15, 0.2) is 0 Å². The standard InChI is InChI=1S/C12H16NO2P/c1-14-11-6-2-3-7-12(11)16-13-8-4-5-10(13)9-15-16/h2-3,6-7,10H,4-5,8-9H2,1H3/t10-,16-/m0/s1. The van der Waals surface area contributed by atoms with Crippen molar-refractivity contribution in [1.29, 1.82) is 0 Å². The molecular formula is C12H16NO2P. The second-order valence-corrected chi connectivity index (χ2v) is 6.00. The zero-order chi connectivity index (χ0) is 11.0. The van der Waals surface area contributed by atoms with Gasteiger partial charge in [0.1, 0.15) is 14.0 Å². The maximum Gasteiger partial charge on any atom is 0.141 e. The molecule has 86 valence electrons. The normalized spacial score (nSPS) is 29.3. The van der Waals surface area contributed by atoms with Crippen molar-refractivity contribution < 1.29 is 9.26 Å². The Kier molecular flexibility index (Phi) is 2.84. The SMILES string of the molecule is COc1ccccc1[P@]1OC[C@@H]2CCCN21. The Morgan fingerprint density at radius 1 is 1.44 bits per heavy atom. The second-order valence-electron chi connectivity index (χ2n) is 4.20. The van der Waals surface area contributed by atoms with Crippen LogP contribution in [-0.2, 0) is 4.52 Å². The Bertz CT molecular complexity index is 385. The van der Waals surface area contributed by atoms with Gasteiger partial charge in [0, 0.05) is 12.6 Å². The van der Waals surface area contributed by atoms with Crippen LogP contribution in [0.3, 0.4) is 0 Å². The number of nitrogens with zero attached hydrogens (tertiary/aromatic N) is 1. The molecule has 2 heterocycles. The third-order valence-corrected chi connectivity index (χ3v) is 5.43. The van der Waals surface area contributed by atoms with Crippen LogP contribution in [0.2, 0.25) is 0 Å². The monoisotopic (exact) mass is 237 g/mol. The summed E-state index contributed by atoms with van der Waals surface area (Å²) in [7, 11) is 1.13. The van der Waals surface area contributed by atoms with Crippen molar-refractivity contribution in [2.45, 2.75) is 18.9 Å². The third kappa shape index (κ3) is 1.64. The lowest BCUT2D eigenvalue weighted by Gasteiger charge is -2.22. The van der Waals surface area contributed by atoms with Gasteiger partial charge < -0.3 is 9.26 Å². The zero-order valence-electron chi connectivity index (χ0n) is 9.43. The minimum absolute atomic E-state index is 0.599. The van der Waals surface area contributed by atoms with Crippen molar-refractivity contribution >= 4 is 13.6 Å². The molecule has 3 nitrogen and oxygen atoms in total. The molecule has 0 radical (unpaired) electrons. The van der Waals surface area contributed by atoms with Gasteiger partial charge in [0.2, 0.25) is 0 Å². The molecule has 3 rings (SSSR count). The number of methoxy groups -OCH3 is 1. The van der Waals surface area contributed by atoms with Gasteiger partial charge >= 0.3 is 0 Å². The second kappa shape index (κ2) is 4.33. The van der Waals surface area contributed by atoms with E-state index in [-0.39, 0.29) is 0 Å². The Hall–Kier alpha value is -0.630. The molecule has 0 saturated carbocycles. The molecule has 2 aliphatic rings. The predicted molar refractivity (Wildman–Crippen MR) is 65.2 cm³/mol. The summed E-state index contributed by atoms with van der Waals surface area (Å²) in [6.45, 7) is 2.07. The Labute approximate surface area is 97.2 Å². The summed E-state index contributed by atoms with van der Waals surface area (Å²) < 4.78 is 13.9. The quantitative estimate of drug-likeness (QED) is 0.735. The molecule has 2 aliphatic heterocycles. The maximum absolute atomic E-state index is 5.96. The van der Waals surface area contributed by atoms with E-state index in [1.807, 2.05) is 12.1 Å². The first-order valence-corrected chi connectivity index (χ1v) is 6.94. The summed E-state index contributed by atoms with van der Waals surface area (Å²) in [5.41, 5.74) is 0. The van der Waals surface area contributed by atoms with E-state index < -0.39 is 8.30 Å². The molecule has 1 aromatic carbocycles. The van der Waals surface area contributed by atoms with Crippen molar-refractivity contribution in [3.8, 4) is 5.75 Å². The number of benzene rings is 1. The first kappa shape index (κ1) is 10.5. The van der Waals surface area contributed by atoms with Crippen LogP contribution in [0.25, 0.3) is 0 Å². The smallest absolute Gasteiger partial charge is 0.141 e. The van der Waals surface area contributed by atoms with Gasteiger partial charge in [0.25, 0.3) is 0 Å². The highest BCUT2D eigenvalue weighted by molar-refractivity contribution is 7.59. The number of rotatable bonds is 2. The number of fused-ring (bicyclic) bond motifs is 1. The molecule has 0 N–H and O–H groups in total. The van der Waals surface area contributed by atoms with E-state index in [1.165, 1.54) is 24.7 Å². The van der Waals surface area contributed by atoms with Gasteiger partial charge in [-0.2, -0.15) is 0 Å². The van der Waals surface area contributed by atoms with E-state index in [0.29, 0.717) is 6.04 Å². The van der Waals surface area contributed by atoms with E-state index in [1.54, 1.807) is 7.11 Å². The summed E-state index contributed by atoms with van der Waals surface area (Å²) in [6, 6.07) is 8.87. The van der Waals surface area contributed by atoms with Crippen molar-refractivity contribution in [2.75, 3.05) is 20.3 Å². The molecule has 0 amide bonds. The Morgan fingerprint density at radius 3 is 3.19 bits per heavy atom. The molecule has 16 heavy (non-hydrogen) atoms. The fourth-order valence-electron chi connectivity index (χ4n) is 2.46. The predicted octanol–water partition coefficient (Wildman–Crippen LogP) is 2.13. The van der Waals surface area contributed by atoms with Gasteiger partial charge in [-0.05, 0) is 25.0 Å². The Balaban J connectivity index is 1.91. The van der Waals surface area contributed by atoms with E-state index in [2.05, 4.69) is 16.8 Å². The van der Waals surface area contributed by atoms with Gasteiger partial charge in [-0.3, -0.25) is 4.67 Å². The molecule has 0 aliphatic carbocycles. The molecule has 2 fully saturated rings. The average molecular weight is 237 g/mol. The topological polar surface area (TPSA) is 21.7 Å². The van der Waals surface area contributed by atoms with Gasteiger partial charge in [-0.25, -0.2) is 0 Å².